The summed E-state index contributed by atoms with van der Waals surface area (Å²) < 4.78 is 0. The van der Waals surface area contributed by atoms with Gasteiger partial charge < -0.3 is 4.90 Å². The molecule has 0 spiro atoms. The summed E-state index contributed by atoms with van der Waals surface area (Å²) in [5.74, 6) is 0.0141. The van der Waals surface area contributed by atoms with Crippen LogP contribution in [-0.2, 0) is 0 Å². The van der Waals surface area contributed by atoms with Crippen molar-refractivity contribution in [3.8, 4) is 0 Å². The van der Waals surface area contributed by atoms with Gasteiger partial charge in [0.2, 0.25) is 0 Å². The predicted molar refractivity (Wildman–Crippen MR) is 121 cm³/mol. The molecule has 1 amide bonds. The summed E-state index contributed by atoms with van der Waals surface area (Å²) in [4.78, 5) is 17.7. The fourth-order valence-electron chi connectivity index (χ4n) is 3.97. The third-order valence-electron chi connectivity index (χ3n) is 5.54. The molecule has 0 saturated heterocycles. The zero-order chi connectivity index (χ0) is 20.2. The summed E-state index contributed by atoms with van der Waals surface area (Å²) in [5.41, 5.74) is 5.02. The largest absolute Gasteiger partial charge is 0.372 e. The highest BCUT2D eigenvalue weighted by Gasteiger charge is 2.29. The normalized spacial score (nSPS) is 15.1. The van der Waals surface area contributed by atoms with E-state index in [1.54, 1.807) is 0 Å². The molecular formula is C26H26N2O. The molecule has 3 aromatic carbocycles. The highest BCUT2D eigenvalue weighted by Crippen LogP contribution is 2.37. The Morgan fingerprint density at radius 3 is 2.21 bits per heavy atom. The van der Waals surface area contributed by atoms with Crippen LogP contribution in [0.15, 0.2) is 84.9 Å². The second-order valence-corrected chi connectivity index (χ2v) is 7.17. The van der Waals surface area contributed by atoms with Gasteiger partial charge in [0.15, 0.2) is 0 Å². The van der Waals surface area contributed by atoms with Gasteiger partial charge in [0.25, 0.3) is 5.91 Å². The maximum Gasteiger partial charge on any atom is 0.259 e. The van der Waals surface area contributed by atoms with Crippen LogP contribution in [0.3, 0.4) is 0 Å². The first kappa shape index (κ1) is 19.0. The molecule has 1 aliphatic heterocycles. The molecule has 29 heavy (non-hydrogen) atoms. The number of hydrogen-bond donors (Lipinski definition) is 0. The standard InChI is InChI=1S/C26H26N2O/c1-3-27(4-2)23-17-14-21(15-18-23)25-19-16-20-10-8-9-13-24(20)28(25)26(29)22-11-6-5-7-12-22/h5-19,25H,3-4H2,1-2H3/t25-/m1/s1. The SMILES string of the molecule is CCN(CC)c1ccc([C@H]2C=Cc3ccccc3N2C(=O)c2ccccc2)cc1. The minimum Gasteiger partial charge on any atom is -0.372 e. The van der Waals surface area contributed by atoms with Crippen LogP contribution >= 0.6 is 0 Å². The lowest BCUT2D eigenvalue weighted by molar-refractivity contribution is 0.0980. The molecule has 146 valence electrons. The molecule has 3 nitrogen and oxygen atoms in total. The van der Waals surface area contributed by atoms with Gasteiger partial charge in [-0.2, -0.15) is 0 Å². The Bertz CT molecular complexity index is 1000. The predicted octanol–water partition coefficient (Wildman–Crippen LogP) is 5.95. The first-order chi connectivity index (χ1) is 14.2. The number of anilines is 2. The zero-order valence-electron chi connectivity index (χ0n) is 17.0. The molecule has 1 atom stereocenters. The van der Waals surface area contributed by atoms with Crippen LogP contribution in [0.2, 0.25) is 0 Å². The fourth-order valence-corrected chi connectivity index (χ4v) is 3.97. The van der Waals surface area contributed by atoms with Gasteiger partial charge in [0.1, 0.15) is 0 Å². The molecular weight excluding hydrogens is 356 g/mol. The Kier molecular flexibility index (Phi) is 5.48. The van der Waals surface area contributed by atoms with Gasteiger partial charge in [0.05, 0.1) is 11.7 Å². The molecule has 1 aliphatic rings. The molecule has 0 unspecified atom stereocenters. The molecule has 1 heterocycles. The Labute approximate surface area is 172 Å². The fraction of sp³-hybridized carbons (Fsp3) is 0.192. The summed E-state index contributed by atoms with van der Waals surface area (Å²) >= 11 is 0. The summed E-state index contributed by atoms with van der Waals surface area (Å²) in [7, 11) is 0. The van der Waals surface area contributed by atoms with E-state index in [1.807, 2.05) is 53.4 Å². The molecule has 0 radical (unpaired) electrons. The van der Waals surface area contributed by atoms with Crippen molar-refractivity contribution in [1.82, 2.24) is 0 Å². The maximum atomic E-state index is 13.5. The second kappa shape index (κ2) is 8.36. The third-order valence-corrected chi connectivity index (χ3v) is 5.54. The number of nitrogens with zero attached hydrogens (tertiary/aromatic N) is 2. The number of benzene rings is 3. The lowest BCUT2D eigenvalue weighted by Crippen LogP contribution is -2.36. The Hall–Kier alpha value is -3.33. The van der Waals surface area contributed by atoms with Crippen molar-refractivity contribution in [3.05, 3.63) is 102 Å². The van der Waals surface area contributed by atoms with Crippen molar-refractivity contribution in [2.45, 2.75) is 19.9 Å². The van der Waals surface area contributed by atoms with Gasteiger partial charge in [-0.3, -0.25) is 9.69 Å². The van der Waals surface area contributed by atoms with E-state index in [2.05, 4.69) is 61.2 Å². The smallest absolute Gasteiger partial charge is 0.259 e. The van der Waals surface area contributed by atoms with Crippen molar-refractivity contribution >= 4 is 23.4 Å². The van der Waals surface area contributed by atoms with E-state index in [1.165, 1.54) is 5.69 Å². The zero-order valence-corrected chi connectivity index (χ0v) is 17.0. The minimum atomic E-state index is -0.136. The van der Waals surface area contributed by atoms with Gasteiger partial charge in [-0.25, -0.2) is 0 Å². The van der Waals surface area contributed by atoms with Gasteiger partial charge in [-0.05, 0) is 55.3 Å². The summed E-state index contributed by atoms with van der Waals surface area (Å²) in [6.45, 7) is 6.29. The van der Waals surface area contributed by atoms with Crippen molar-refractivity contribution in [3.63, 3.8) is 0 Å². The first-order valence-corrected chi connectivity index (χ1v) is 10.2. The van der Waals surface area contributed by atoms with Gasteiger partial charge in [-0.15, -0.1) is 0 Å². The lowest BCUT2D eigenvalue weighted by Gasteiger charge is -2.34. The summed E-state index contributed by atoms with van der Waals surface area (Å²) in [6.07, 6.45) is 4.24. The Morgan fingerprint density at radius 1 is 0.862 bits per heavy atom. The Balaban J connectivity index is 1.74. The van der Waals surface area contributed by atoms with E-state index in [9.17, 15) is 4.79 Å². The Morgan fingerprint density at radius 2 is 1.52 bits per heavy atom. The highest BCUT2D eigenvalue weighted by atomic mass is 16.2. The molecule has 0 aliphatic carbocycles. The number of carbonyl (C=O) groups excluding carboxylic acids is 1. The van der Waals surface area contributed by atoms with E-state index >= 15 is 0 Å². The van der Waals surface area contributed by atoms with Crippen LogP contribution in [0, 0.1) is 0 Å². The van der Waals surface area contributed by atoms with Crippen LogP contribution in [-0.4, -0.2) is 19.0 Å². The van der Waals surface area contributed by atoms with Crippen molar-refractivity contribution in [2.75, 3.05) is 22.9 Å². The third kappa shape index (κ3) is 3.68. The number of amides is 1. The van der Waals surface area contributed by atoms with Gasteiger partial charge >= 0.3 is 0 Å². The lowest BCUT2D eigenvalue weighted by atomic mass is 9.96. The highest BCUT2D eigenvalue weighted by molar-refractivity contribution is 6.08. The van der Waals surface area contributed by atoms with Crippen molar-refractivity contribution in [2.24, 2.45) is 0 Å². The summed E-state index contributed by atoms with van der Waals surface area (Å²) in [5, 5.41) is 0. The number of hydrogen-bond acceptors (Lipinski definition) is 2. The second-order valence-electron chi connectivity index (χ2n) is 7.17. The van der Waals surface area contributed by atoms with Crippen LogP contribution in [0.25, 0.3) is 6.08 Å². The summed E-state index contributed by atoms with van der Waals surface area (Å²) in [6, 6.07) is 26.0. The quantitative estimate of drug-likeness (QED) is 0.544. The van der Waals surface area contributed by atoms with Crippen molar-refractivity contribution < 1.29 is 4.79 Å². The van der Waals surface area contributed by atoms with Crippen LogP contribution in [0.5, 0.6) is 0 Å². The van der Waals surface area contributed by atoms with E-state index in [0.29, 0.717) is 5.56 Å². The number of fused-ring (bicyclic) bond motifs is 1. The minimum absolute atomic E-state index is 0.0141. The van der Waals surface area contributed by atoms with Crippen LogP contribution < -0.4 is 9.80 Å². The number of rotatable bonds is 5. The van der Waals surface area contributed by atoms with Crippen LogP contribution in [0.1, 0.15) is 41.4 Å². The number of carbonyl (C=O) groups is 1. The average Bonchev–Trinajstić information content (AvgIpc) is 2.80. The molecule has 0 saturated carbocycles. The van der Waals surface area contributed by atoms with E-state index in [4.69, 9.17) is 0 Å². The molecule has 0 bridgehead atoms. The monoisotopic (exact) mass is 382 g/mol. The first-order valence-electron chi connectivity index (χ1n) is 10.2. The molecule has 3 heteroatoms. The van der Waals surface area contributed by atoms with Gasteiger partial charge in [-0.1, -0.05) is 60.7 Å². The number of para-hydroxylation sites is 1. The topological polar surface area (TPSA) is 23.6 Å². The average molecular weight is 383 g/mol. The van der Waals surface area contributed by atoms with E-state index in [-0.39, 0.29) is 11.9 Å². The van der Waals surface area contributed by atoms with E-state index in [0.717, 1.165) is 29.9 Å². The van der Waals surface area contributed by atoms with E-state index < -0.39 is 0 Å². The maximum absolute atomic E-state index is 13.5. The molecule has 0 N–H and O–H groups in total. The van der Waals surface area contributed by atoms with Crippen LogP contribution in [0.4, 0.5) is 11.4 Å². The molecule has 4 rings (SSSR count). The molecule has 0 aromatic heterocycles. The van der Waals surface area contributed by atoms with Crippen molar-refractivity contribution in [1.29, 1.82) is 0 Å². The molecule has 0 fully saturated rings. The van der Waals surface area contributed by atoms with Gasteiger partial charge in [0, 0.05) is 24.3 Å². The molecule has 3 aromatic rings.